The zero-order valence-electron chi connectivity index (χ0n) is 11.3. The van der Waals surface area contributed by atoms with Gasteiger partial charge in [-0.2, -0.15) is 0 Å². The largest absolute Gasteiger partial charge is 0.423 e. The van der Waals surface area contributed by atoms with Gasteiger partial charge in [0.25, 0.3) is 12.4 Å². The van der Waals surface area contributed by atoms with Crippen molar-refractivity contribution >= 4 is 29.5 Å². The number of aromatic nitrogens is 2. The zero-order chi connectivity index (χ0) is 14.5. The van der Waals surface area contributed by atoms with Crippen molar-refractivity contribution in [1.29, 1.82) is 0 Å². The van der Waals surface area contributed by atoms with Crippen LogP contribution in [-0.2, 0) is 14.3 Å². The average molecular weight is 273 g/mol. The molecule has 6 heteroatoms. The van der Waals surface area contributed by atoms with Crippen LogP contribution in [0.5, 0.6) is 0 Å². The molecule has 1 N–H and O–H groups in total. The van der Waals surface area contributed by atoms with Crippen LogP contribution in [0.25, 0.3) is 17.1 Å². The van der Waals surface area contributed by atoms with Crippen LogP contribution >= 0.6 is 0 Å². The van der Waals surface area contributed by atoms with Crippen LogP contribution in [0.1, 0.15) is 12.5 Å². The Balaban J connectivity index is 2.42. The van der Waals surface area contributed by atoms with Crippen LogP contribution < -0.4 is 0 Å². The molecule has 0 fully saturated rings. The van der Waals surface area contributed by atoms with Crippen molar-refractivity contribution in [3.8, 4) is 0 Å². The Bertz CT molecular complexity index is 660. The minimum absolute atomic E-state index is 0.0193. The van der Waals surface area contributed by atoms with Gasteiger partial charge in [0.15, 0.2) is 5.76 Å². The summed E-state index contributed by atoms with van der Waals surface area (Å²) in [6.45, 7) is 2.61. The van der Waals surface area contributed by atoms with E-state index in [0.29, 0.717) is 12.2 Å². The van der Waals surface area contributed by atoms with Gasteiger partial charge in [-0.05, 0) is 25.1 Å². The van der Waals surface area contributed by atoms with E-state index in [1.165, 1.54) is 11.0 Å². The van der Waals surface area contributed by atoms with Crippen LogP contribution in [-0.4, -0.2) is 40.8 Å². The lowest BCUT2D eigenvalue weighted by Gasteiger charge is -2.15. The summed E-state index contributed by atoms with van der Waals surface area (Å²) in [5.74, 6) is -0.369. The summed E-state index contributed by atoms with van der Waals surface area (Å²) in [6, 6.07) is 3.67. The Hall–Kier alpha value is -2.63. The molecule has 0 aromatic carbocycles. The summed E-state index contributed by atoms with van der Waals surface area (Å²) in [6.07, 6.45) is 4.92. The quantitative estimate of drug-likeness (QED) is 0.509. The maximum Gasteiger partial charge on any atom is 0.298 e. The number of aromatic amines is 1. The van der Waals surface area contributed by atoms with Gasteiger partial charge in [0.1, 0.15) is 5.65 Å². The minimum atomic E-state index is -0.349. The second-order valence-corrected chi connectivity index (χ2v) is 4.19. The smallest absolute Gasteiger partial charge is 0.298 e. The highest BCUT2D eigenvalue weighted by Crippen LogP contribution is 2.19. The normalized spacial score (nSPS) is 11.4. The van der Waals surface area contributed by atoms with E-state index in [-0.39, 0.29) is 18.1 Å². The highest BCUT2D eigenvalue weighted by atomic mass is 16.5. The van der Waals surface area contributed by atoms with Gasteiger partial charge in [-0.25, -0.2) is 4.98 Å². The van der Waals surface area contributed by atoms with E-state index >= 15 is 0 Å². The van der Waals surface area contributed by atoms with Gasteiger partial charge >= 0.3 is 0 Å². The van der Waals surface area contributed by atoms with Crippen molar-refractivity contribution in [2.24, 2.45) is 0 Å². The van der Waals surface area contributed by atoms with Gasteiger partial charge in [0, 0.05) is 36.9 Å². The van der Waals surface area contributed by atoms with Crippen molar-refractivity contribution in [3.05, 3.63) is 35.8 Å². The molecule has 20 heavy (non-hydrogen) atoms. The molecule has 6 nitrogen and oxygen atoms in total. The van der Waals surface area contributed by atoms with Crippen molar-refractivity contribution in [2.45, 2.75) is 6.92 Å². The summed E-state index contributed by atoms with van der Waals surface area (Å²) in [7, 11) is 1.64. The van der Waals surface area contributed by atoms with Crippen molar-refractivity contribution < 1.29 is 14.3 Å². The Morgan fingerprint density at radius 2 is 2.35 bits per heavy atom. The van der Waals surface area contributed by atoms with Crippen molar-refractivity contribution in [3.63, 3.8) is 0 Å². The van der Waals surface area contributed by atoms with E-state index < -0.39 is 0 Å². The summed E-state index contributed by atoms with van der Waals surface area (Å²) >= 11 is 0. The maximum atomic E-state index is 12.1. The molecule has 0 atom stereocenters. The lowest BCUT2D eigenvalue weighted by Crippen LogP contribution is -2.28. The Labute approximate surface area is 116 Å². The zero-order valence-corrected chi connectivity index (χ0v) is 11.3. The SMILES string of the molecule is CCN(C)C(=O)/C(=C/c1c[nH]c2ncccc12)OC=O. The number of pyridine rings is 1. The number of carbonyl (C=O) groups is 2. The lowest BCUT2D eigenvalue weighted by atomic mass is 10.2. The minimum Gasteiger partial charge on any atom is -0.423 e. The predicted molar refractivity (Wildman–Crippen MR) is 74.5 cm³/mol. The van der Waals surface area contributed by atoms with Crippen LogP contribution in [0, 0.1) is 0 Å². The van der Waals surface area contributed by atoms with Gasteiger partial charge in [0.05, 0.1) is 0 Å². The topological polar surface area (TPSA) is 75.3 Å². The van der Waals surface area contributed by atoms with Crippen molar-refractivity contribution in [2.75, 3.05) is 13.6 Å². The number of rotatable bonds is 5. The average Bonchev–Trinajstić information content (AvgIpc) is 2.88. The third-order valence-electron chi connectivity index (χ3n) is 2.98. The lowest BCUT2D eigenvalue weighted by molar-refractivity contribution is -0.135. The number of H-pyrrole nitrogens is 1. The Morgan fingerprint density at radius 1 is 1.55 bits per heavy atom. The molecule has 2 aromatic heterocycles. The van der Waals surface area contributed by atoms with Crippen LogP contribution in [0.4, 0.5) is 0 Å². The number of fused-ring (bicyclic) bond motifs is 1. The molecule has 104 valence electrons. The fourth-order valence-corrected chi connectivity index (χ4v) is 1.77. The number of carbonyl (C=O) groups excluding carboxylic acids is 2. The number of amides is 1. The highest BCUT2D eigenvalue weighted by molar-refractivity contribution is 5.99. The summed E-state index contributed by atoms with van der Waals surface area (Å²) in [4.78, 5) is 31.3. The molecule has 2 heterocycles. The summed E-state index contributed by atoms with van der Waals surface area (Å²) in [5, 5.41) is 0.853. The van der Waals surface area contributed by atoms with Gasteiger partial charge in [-0.3, -0.25) is 9.59 Å². The number of hydrogen-bond acceptors (Lipinski definition) is 4. The van der Waals surface area contributed by atoms with E-state index in [0.717, 1.165) is 10.9 Å². The van der Waals surface area contributed by atoms with E-state index in [2.05, 4.69) is 9.97 Å². The maximum absolute atomic E-state index is 12.1. The fraction of sp³-hybridized carbons (Fsp3) is 0.214. The van der Waals surface area contributed by atoms with Gasteiger partial charge in [-0.15, -0.1) is 0 Å². The Kier molecular flexibility index (Phi) is 4.14. The van der Waals surface area contributed by atoms with Crippen LogP contribution in [0.3, 0.4) is 0 Å². The molecule has 2 aromatic rings. The predicted octanol–water partition coefficient (Wildman–Crippen LogP) is 1.56. The molecular formula is C14H15N3O3. The van der Waals surface area contributed by atoms with E-state index in [1.807, 2.05) is 13.0 Å². The standard InChI is InChI=1S/C14H15N3O3/c1-3-17(2)14(19)12(20-9-18)7-10-8-16-13-11(10)5-4-6-15-13/h4-9H,3H2,1-2H3,(H,15,16)/b12-7-. The molecule has 0 aliphatic carbocycles. The molecule has 0 saturated heterocycles. The van der Waals surface area contributed by atoms with Crippen molar-refractivity contribution in [1.82, 2.24) is 14.9 Å². The molecule has 0 unspecified atom stereocenters. The number of nitrogens with one attached hydrogen (secondary N) is 1. The molecule has 0 radical (unpaired) electrons. The molecule has 0 saturated carbocycles. The first-order valence-electron chi connectivity index (χ1n) is 6.17. The first-order valence-corrected chi connectivity index (χ1v) is 6.17. The van der Waals surface area contributed by atoms with E-state index in [1.54, 1.807) is 25.5 Å². The second kappa shape index (κ2) is 6.01. The van der Waals surface area contributed by atoms with Crippen LogP contribution in [0.15, 0.2) is 30.3 Å². The Morgan fingerprint density at radius 3 is 3.05 bits per heavy atom. The monoisotopic (exact) mass is 273 g/mol. The highest BCUT2D eigenvalue weighted by Gasteiger charge is 2.16. The molecule has 1 amide bonds. The fourth-order valence-electron chi connectivity index (χ4n) is 1.77. The van der Waals surface area contributed by atoms with Gasteiger partial charge in [-0.1, -0.05) is 0 Å². The molecular weight excluding hydrogens is 258 g/mol. The van der Waals surface area contributed by atoms with E-state index in [4.69, 9.17) is 4.74 Å². The first-order chi connectivity index (χ1) is 9.67. The van der Waals surface area contributed by atoms with Gasteiger partial charge in [0.2, 0.25) is 0 Å². The molecule has 0 spiro atoms. The number of ether oxygens (including phenoxy) is 1. The summed E-state index contributed by atoms with van der Waals surface area (Å²) in [5.41, 5.74) is 1.45. The molecule has 0 bridgehead atoms. The second-order valence-electron chi connectivity index (χ2n) is 4.19. The third kappa shape index (κ3) is 2.69. The van der Waals surface area contributed by atoms with Crippen LogP contribution in [0.2, 0.25) is 0 Å². The molecule has 2 rings (SSSR count). The molecule has 0 aliphatic rings. The third-order valence-corrected chi connectivity index (χ3v) is 2.98. The summed E-state index contributed by atoms with van der Waals surface area (Å²) < 4.78 is 4.80. The number of nitrogens with zero attached hydrogens (tertiary/aromatic N) is 2. The molecule has 0 aliphatic heterocycles. The van der Waals surface area contributed by atoms with E-state index in [9.17, 15) is 9.59 Å². The number of likely N-dealkylation sites (N-methyl/N-ethyl adjacent to an activating group) is 1. The first kappa shape index (κ1) is 13.8. The van der Waals surface area contributed by atoms with Gasteiger partial charge < -0.3 is 14.6 Å². The number of hydrogen-bond donors (Lipinski definition) is 1.